The zero-order chi connectivity index (χ0) is 7.02. The topological polar surface area (TPSA) is 38.1 Å². The first kappa shape index (κ1) is 6.85. The van der Waals surface area contributed by atoms with Crippen molar-refractivity contribution in [2.45, 2.75) is 6.92 Å². The van der Waals surface area contributed by atoms with Gasteiger partial charge >= 0.3 is 0 Å². The molecule has 0 unspecified atom stereocenters. The van der Waals surface area contributed by atoms with Crippen LogP contribution in [0.3, 0.4) is 0 Å². The van der Waals surface area contributed by atoms with E-state index in [4.69, 9.17) is 5.11 Å². The maximum Gasteiger partial charge on any atom is 0.170 e. The van der Waals surface area contributed by atoms with Crippen LogP contribution in [-0.2, 0) is 7.05 Å². The predicted octanol–water partition coefficient (Wildman–Crippen LogP) is 1.04. The highest BCUT2D eigenvalue weighted by molar-refractivity contribution is 14.1. The molecule has 0 saturated heterocycles. The van der Waals surface area contributed by atoms with Gasteiger partial charge in [0.25, 0.3) is 0 Å². The van der Waals surface area contributed by atoms with Crippen molar-refractivity contribution < 1.29 is 5.11 Å². The smallest absolute Gasteiger partial charge is 0.170 e. The first-order chi connectivity index (χ1) is 4.13. The Bertz CT molecular complexity index is 209. The van der Waals surface area contributed by atoms with Crippen molar-refractivity contribution >= 4 is 22.6 Å². The monoisotopic (exact) mass is 238 g/mol. The van der Waals surface area contributed by atoms with Gasteiger partial charge in [0.1, 0.15) is 0 Å². The molecule has 0 aromatic carbocycles. The highest BCUT2D eigenvalue weighted by Crippen LogP contribution is 2.20. The average Bonchev–Trinajstić information content (AvgIpc) is 1.98. The minimum Gasteiger partial charge on any atom is -0.504 e. The molecule has 0 fully saturated rings. The standard InChI is InChI=1S/C5H7IN2O/c1-3-4(9)5(6)7-8(3)2/h9H,1-2H3. The highest BCUT2D eigenvalue weighted by Gasteiger charge is 2.06. The molecule has 4 heteroatoms. The molecule has 3 nitrogen and oxygen atoms in total. The molecule has 1 aromatic rings. The Balaban J connectivity index is 3.29. The minimum absolute atomic E-state index is 0.290. The molecule has 50 valence electrons. The number of aromatic hydroxyl groups is 1. The Morgan fingerprint density at radius 1 is 1.67 bits per heavy atom. The second-order valence-corrected chi connectivity index (χ2v) is 2.87. The third kappa shape index (κ3) is 1.03. The summed E-state index contributed by atoms with van der Waals surface area (Å²) in [5.41, 5.74) is 0.805. The molecule has 1 rings (SSSR count). The van der Waals surface area contributed by atoms with E-state index in [2.05, 4.69) is 5.10 Å². The van der Waals surface area contributed by atoms with Crippen molar-refractivity contribution in [3.05, 3.63) is 9.39 Å². The van der Waals surface area contributed by atoms with Crippen LogP contribution in [0.1, 0.15) is 5.69 Å². The number of aromatic nitrogens is 2. The van der Waals surface area contributed by atoms with Gasteiger partial charge in [0.15, 0.2) is 9.45 Å². The van der Waals surface area contributed by atoms with Crippen molar-refractivity contribution in [2.75, 3.05) is 0 Å². The van der Waals surface area contributed by atoms with E-state index in [1.54, 1.807) is 11.7 Å². The third-order valence-corrected chi connectivity index (χ3v) is 1.99. The number of hydrogen-bond acceptors (Lipinski definition) is 2. The largest absolute Gasteiger partial charge is 0.504 e. The fraction of sp³-hybridized carbons (Fsp3) is 0.400. The summed E-state index contributed by atoms with van der Waals surface area (Å²) in [6, 6.07) is 0. The third-order valence-electron chi connectivity index (χ3n) is 1.26. The molecule has 1 aromatic heterocycles. The van der Waals surface area contributed by atoms with Crippen molar-refractivity contribution in [2.24, 2.45) is 7.05 Å². The van der Waals surface area contributed by atoms with Gasteiger partial charge in [-0.15, -0.1) is 0 Å². The van der Waals surface area contributed by atoms with E-state index in [-0.39, 0.29) is 5.75 Å². The van der Waals surface area contributed by atoms with Crippen LogP contribution in [0.15, 0.2) is 0 Å². The normalized spacial score (nSPS) is 10.1. The quantitative estimate of drug-likeness (QED) is 0.685. The molecule has 0 bridgehead atoms. The van der Waals surface area contributed by atoms with Gasteiger partial charge in [-0.05, 0) is 29.5 Å². The lowest BCUT2D eigenvalue weighted by Gasteiger charge is -1.89. The van der Waals surface area contributed by atoms with Crippen molar-refractivity contribution in [1.29, 1.82) is 0 Å². The number of hydrogen-bond donors (Lipinski definition) is 1. The highest BCUT2D eigenvalue weighted by atomic mass is 127. The van der Waals surface area contributed by atoms with E-state index in [1.807, 2.05) is 29.5 Å². The van der Waals surface area contributed by atoms with Gasteiger partial charge in [-0.3, -0.25) is 4.68 Å². The zero-order valence-corrected chi connectivity index (χ0v) is 7.38. The first-order valence-corrected chi connectivity index (χ1v) is 3.59. The molecule has 0 aliphatic heterocycles. The molecule has 1 N–H and O–H groups in total. The summed E-state index contributed by atoms with van der Waals surface area (Å²) in [5.74, 6) is 0.290. The van der Waals surface area contributed by atoms with Gasteiger partial charge in [0.2, 0.25) is 0 Å². The van der Waals surface area contributed by atoms with Crippen LogP contribution < -0.4 is 0 Å². The van der Waals surface area contributed by atoms with Crippen LogP contribution >= 0.6 is 22.6 Å². The Kier molecular flexibility index (Phi) is 1.65. The van der Waals surface area contributed by atoms with Gasteiger partial charge in [-0.2, -0.15) is 5.10 Å². The lowest BCUT2D eigenvalue weighted by molar-refractivity contribution is 0.466. The van der Waals surface area contributed by atoms with E-state index in [1.165, 1.54) is 0 Å². The molecule has 9 heavy (non-hydrogen) atoms. The summed E-state index contributed by atoms with van der Waals surface area (Å²) in [6.07, 6.45) is 0. The van der Waals surface area contributed by atoms with E-state index in [0.29, 0.717) is 3.70 Å². The summed E-state index contributed by atoms with van der Waals surface area (Å²) in [5, 5.41) is 13.1. The van der Waals surface area contributed by atoms with Crippen LogP contribution in [0.4, 0.5) is 0 Å². The lowest BCUT2D eigenvalue weighted by Crippen LogP contribution is -1.91. The fourth-order valence-corrected chi connectivity index (χ4v) is 1.27. The van der Waals surface area contributed by atoms with Crippen molar-refractivity contribution in [3.8, 4) is 5.75 Å². The van der Waals surface area contributed by atoms with Crippen molar-refractivity contribution in [1.82, 2.24) is 9.78 Å². The SMILES string of the molecule is Cc1c(O)c(I)nn1C. The van der Waals surface area contributed by atoms with Gasteiger partial charge in [0.05, 0.1) is 5.69 Å². The second kappa shape index (κ2) is 2.17. The first-order valence-electron chi connectivity index (χ1n) is 2.51. The summed E-state index contributed by atoms with van der Waals surface area (Å²) in [4.78, 5) is 0. The molecule has 0 amide bonds. The molecule has 0 spiro atoms. The molecule has 0 radical (unpaired) electrons. The van der Waals surface area contributed by atoms with E-state index >= 15 is 0 Å². The molecule has 0 saturated carbocycles. The second-order valence-electron chi connectivity index (χ2n) is 1.85. The molecule has 0 atom stereocenters. The Morgan fingerprint density at radius 3 is 2.33 bits per heavy atom. The van der Waals surface area contributed by atoms with Crippen LogP contribution in [-0.4, -0.2) is 14.9 Å². The van der Waals surface area contributed by atoms with E-state index in [0.717, 1.165) is 5.69 Å². The average molecular weight is 238 g/mol. The number of rotatable bonds is 0. The Hall–Kier alpha value is -0.260. The van der Waals surface area contributed by atoms with Gasteiger partial charge < -0.3 is 5.11 Å². The van der Waals surface area contributed by atoms with Gasteiger partial charge in [-0.25, -0.2) is 0 Å². The minimum atomic E-state index is 0.290. The van der Waals surface area contributed by atoms with Crippen LogP contribution in [0.25, 0.3) is 0 Å². The summed E-state index contributed by atoms with van der Waals surface area (Å²) < 4.78 is 2.31. The number of aryl methyl sites for hydroxylation is 1. The summed E-state index contributed by atoms with van der Waals surface area (Å²) >= 11 is 1.99. The zero-order valence-electron chi connectivity index (χ0n) is 5.22. The summed E-state index contributed by atoms with van der Waals surface area (Å²) in [7, 11) is 1.80. The van der Waals surface area contributed by atoms with Gasteiger partial charge in [-0.1, -0.05) is 0 Å². The van der Waals surface area contributed by atoms with Crippen molar-refractivity contribution in [3.63, 3.8) is 0 Å². The fourth-order valence-electron chi connectivity index (χ4n) is 0.557. The molecular formula is C5H7IN2O. The number of halogens is 1. The lowest BCUT2D eigenvalue weighted by atomic mass is 10.4. The van der Waals surface area contributed by atoms with Crippen LogP contribution in [0, 0.1) is 10.6 Å². The molecule has 0 aliphatic rings. The Morgan fingerprint density at radius 2 is 2.22 bits per heavy atom. The maximum absolute atomic E-state index is 9.14. The maximum atomic E-state index is 9.14. The molecule has 0 aliphatic carbocycles. The van der Waals surface area contributed by atoms with Crippen LogP contribution in [0.5, 0.6) is 5.75 Å². The van der Waals surface area contributed by atoms with E-state index < -0.39 is 0 Å². The summed E-state index contributed by atoms with van der Waals surface area (Å²) in [6.45, 7) is 1.82. The van der Waals surface area contributed by atoms with Gasteiger partial charge in [0, 0.05) is 7.05 Å². The molecule has 1 heterocycles. The van der Waals surface area contributed by atoms with E-state index in [9.17, 15) is 0 Å². The van der Waals surface area contributed by atoms with Crippen LogP contribution in [0.2, 0.25) is 0 Å². The molecular weight excluding hydrogens is 231 g/mol. The predicted molar refractivity (Wildman–Crippen MR) is 42.3 cm³/mol. The number of nitrogens with zero attached hydrogens (tertiary/aromatic N) is 2. The Labute approximate surface area is 66.8 Å².